The van der Waals surface area contributed by atoms with E-state index in [2.05, 4.69) is 6.92 Å². The van der Waals surface area contributed by atoms with E-state index < -0.39 is 5.82 Å². The van der Waals surface area contributed by atoms with Crippen molar-refractivity contribution in [2.45, 2.75) is 89.6 Å². The number of unbranched alkanes of at least 4 members (excludes halogenated alkanes) is 2. The second-order valence-corrected chi connectivity index (χ2v) is 9.25. The summed E-state index contributed by atoms with van der Waals surface area (Å²) < 4.78 is 25.6. The van der Waals surface area contributed by atoms with Gasteiger partial charge in [-0.25, -0.2) is 4.39 Å². The van der Waals surface area contributed by atoms with Gasteiger partial charge in [0.2, 0.25) is 0 Å². The molecule has 31 heavy (non-hydrogen) atoms. The highest BCUT2D eigenvalue weighted by atomic mass is 19.1. The molecule has 170 valence electrons. The Bertz CT molecular complexity index is 744. The number of benzene rings is 1. The summed E-state index contributed by atoms with van der Waals surface area (Å²) in [4.78, 5) is 12.5. The Balaban J connectivity index is 1.33. The van der Waals surface area contributed by atoms with Crippen molar-refractivity contribution in [3.8, 4) is 6.07 Å². The molecule has 2 fully saturated rings. The Morgan fingerprint density at radius 2 is 1.84 bits per heavy atom. The maximum Gasteiger partial charge on any atom is 0.308 e. The SMILES string of the molecule is CCCCCOC1CCC(COC(=O)C2CCC(c3ccc(C#N)c(F)c3)CC2)CC1. The average Bonchev–Trinajstić information content (AvgIpc) is 2.81. The molecule has 0 spiro atoms. The minimum Gasteiger partial charge on any atom is -0.465 e. The lowest BCUT2D eigenvalue weighted by atomic mass is 9.78. The zero-order valence-corrected chi connectivity index (χ0v) is 18.8. The van der Waals surface area contributed by atoms with Crippen molar-refractivity contribution in [3.05, 3.63) is 35.1 Å². The number of esters is 1. The fourth-order valence-corrected chi connectivity index (χ4v) is 4.92. The first-order valence-electron chi connectivity index (χ1n) is 12.1. The molecule has 3 rings (SSSR count). The van der Waals surface area contributed by atoms with Crippen molar-refractivity contribution >= 4 is 5.97 Å². The fourth-order valence-electron chi connectivity index (χ4n) is 4.92. The van der Waals surface area contributed by atoms with Gasteiger partial charge in [-0.05, 0) is 87.3 Å². The van der Waals surface area contributed by atoms with E-state index in [-0.39, 0.29) is 23.4 Å². The molecule has 0 N–H and O–H groups in total. The van der Waals surface area contributed by atoms with Crippen LogP contribution in [0.3, 0.4) is 0 Å². The molecule has 2 aliphatic carbocycles. The number of halogens is 1. The second kappa shape index (κ2) is 12.2. The van der Waals surface area contributed by atoms with Crippen LogP contribution in [-0.4, -0.2) is 25.3 Å². The third-order valence-electron chi connectivity index (χ3n) is 7.00. The molecule has 0 radical (unpaired) electrons. The Labute approximate surface area is 186 Å². The van der Waals surface area contributed by atoms with Crippen LogP contribution in [0.15, 0.2) is 18.2 Å². The molecule has 5 heteroatoms. The van der Waals surface area contributed by atoms with Gasteiger partial charge >= 0.3 is 5.97 Å². The zero-order valence-electron chi connectivity index (χ0n) is 18.8. The van der Waals surface area contributed by atoms with Crippen LogP contribution in [0, 0.1) is 29.0 Å². The molecule has 0 atom stereocenters. The molecular weight excluding hydrogens is 393 g/mol. The summed E-state index contributed by atoms with van der Waals surface area (Å²) in [5.41, 5.74) is 1.01. The van der Waals surface area contributed by atoms with E-state index in [9.17, 15) is 9.18 Å². The number of hydrogen-bond acceptors (Lipinski definition) is 4. The zero-order chi connectivity index (χ0) is 22.1. The van der Waals surface area contributed by atoms with Crippen LogP contribution in [0.5, 0.6) is 0 Å². The van der Waals surface area contributed by atoms with Gasteiger partial charge in [-0.1, -0.05) is 25.8 Å². The van der Waals surface area contributed by atoms with Crippen molar-refractivity contribution in [2.75, 3.05) is 13.2 Å². The van der Waals surface area contributed by atoms with Crippen LogP contribution in [0.25, 0.3) is 0 Å². The van der Waals surface area contributed by atoms with Gasteiger partial charge in [-0.15, -0.1) is 0 Å². The van der Waals surface area contributed by atoms with Gasteiger partial charge in [0, 0.05) is 6.61 Å². The van der Waals surface area contributed by atoms with Crippen LogP contribution in [-0.2, 0) is 14.3 Å². The average molecular weight is 430 g/mol. The molecule has 0 amide bonds. The highest BCUT2D eigenvalue weighted by Crippen LogP contribution is 2.37. The predicted octanol–water partition coefficient (Wildman–Crippen LogP) is 6.28. The van der Waals surface area contributed by atoms with Crippen molar-refractivity contribution in [2.24, 2.45) is 11.8 Å². The number of nitriles is 1. The van der Waals surface area contributed by atoms with Crippen LogP contribution >= 0.6 is 0 Å². The highest BCUT2D eigenvalue weighted by molar-refractivity contribution is 5.72. The quantitative estimate of drug-likeness (QED) is 0.342. The van der Waals surface area contributed by atoms with Gasteiger partial charge in [-0.3, -0.25) is 4.79 Å². The molecule has 2 aliphatic rings. The van der Waals surface area contributed by atoms with E-state index in [0.717, 1.165) is 70.0 Å². The summed E-state index contributed by atoms with van der Waals surface area (Å²) in [5, 5.41) is 8.88. The maximum atomic E-state index is 13.9. The van der Waals surface area contributed by atoms with Crippen LogP contribution in [0.4, 0.5) is 4.39 Å². The molecule has 1 aromatic carbocycles. The van der Waals surface area contributed by atoms with E-state index in [1.807, 2.05) is 12.1 Å². The van der Waals surface area contributed by atoms with E-state index in [4.69, 9.17) is 14.7 Å². The van der Waals surface area contributed by atoms with E-state index >= 15 is 0 Å². The molecule has 4 nitrogen and oxygen atoms in total. The third kappa shape index (κ3) is 7.04. The maximum absolute atomic E-state index is 13.9. The molecular formula is C26H36FNO3. The topological polar surface area (TPSA) is 59.3 Å². The van der Waals surface area contributed by atoms with Gasteiger partial charge in [-0.2, -0.15) is 5.26 Å². The molecule has 0 aliphatic heterocycles. The number of carbonyl (C=O) groups is 1. The minimum atomic E-state index is -0.456. The van der Waals surface area contributed by atoms with Gasteiger partial charge < -0.3 is 9.47 Å². The van der Waals surface area contributed by atoms with Crippen molar-refractivity contribution in [3.63, 3.8) is 0 Å². The summed E-state index contributed by atoms with van der Waals surface area (Å²) in [6.45, 7) is 3.60. The van der Waals surface area contributed by atoms with Crippen LogP contribution in [0.2, 0.25) is 0 Å². The number of nitrogens with zero attached hydrogens (tertiary/aromatic N) is 1. The first-order chi connectivity index (χ1) is 15.1. The first kappa shape index (κ1) is 23.7. The highest BCUT2D eigenvalue weighted by Gasteiger charge is 2.30. The predicted molar refractivity (Wildman–Crippen MR) is 118 cm³/mol. The van der Waals surface area contributed by atoms with Crippen molar-refractivity contribution in [1.82, 2.24) is 0 Å². The standard InChI is InChI=1S/C26H36FNO3/c1-2-3-4-15-30-24-13-5-19(6-14-24)18-31-26(29)21-9-7-20(8-10-21)22-11-12-23(17-28)25(27)16-22/h11-12,16,19-21,24H,2-10,13-15,18H2,1H3. The van der Waals surface area contributed by atoms with Crippen molar-refractivity contribution < 1.29 is 18.7 Å². The second-order valence-electron chi connectivity index (χ2n) is 9.25. The van der Waals surface area contributed by atoms with Gasteiger partial charge in [0.05, 0.1) is 24.2 Å². The molecule has 2 saturated carbocycles. The summed E-state index contributed by atoms with van der Waals surface area (Å²) in [5.74, 6) is 0.138. The Morgan fingerprint density at radius 1 is 1.10 bits per heavy atom. The smallest absolute Gasteiger partial charge is 0.308 e. The minimum absolute atomic E-state index is 0.0438. The van der Waals surface area contributed by atoms with E-state index in [0.29, 0.717) is 18.6 Å². The Hall–Kier alpha value is -1.93. The Kier molecular flexibility index (Phi) is 9.33. The molecule has 0 heterocycles. The summed E-state index contributed by atoms with van der Waals surface area (Å²) in [6, 6.07) is 6.73. The van der Waals surface area contributed by atoms with Crippen LogP contribution < -0.4 is 0 Å². The number of hydrogen-bond donors (Lipinski definition) is 0. The van der Waals surface area contributed by atoms with Crippen LogP contribution in [0.1, 0.15) is 94.6 Å². The van der Waals surface area contributed by atoms with Gasteiger partial charge in [0.15, 0.2) is 0 Å². The van der Waals surface area contributed by atoms with E-state index in [1.165, 1.54) is 18.9 Å². The van der Waals surface area contributed by atoms with E-state index in [1.54, 1.807) is 6.07 Å². The largest absolute Gasteiger partial charge is 0.465 e. The normalized spacial score (nSPS) is 26.2. The molecule has 0 unspecified atom stereocenters. The molecule has 0 aromatic heterocycles. The lowest BCUT2D eigenvalue weighted by Gasteiger charge is -2.30. The third-order valence-corrected chi connectivity index (χ3v) is 7.00. The monoisotopic (exact) mass is 429 g/mol. The molecule has 0 bridgehead atoms. The summed E-state index contributed by atoms with van der Waals surface area (Å²) in [6.07, 6.45) is 11.5. The summed E-state index contributed by atoms with van der Waals surface area (Å²) >= 11 is 0. The number of carbonyl (C=O) groups excluding carboxylic acids is 1. The van der Waals surface area contributed by atoms with Gasteiger partial charge in [0.25, 0.3) is 0 Å². The lowest BCUT2D eigenvalue weighted by molar-refractivity contribution is -0.151. The number of ether oxygens (including phenoxy) is 2. The van der Waals surface area contributed by atoms with Gasteiger partial charge in [0.1, 0.15) is 11.9 Å². The fraction of sp³-hybridized carbons (Fsp3) is 0.692. The van der Waals surface area contributed by atoms with Crippen molar-refractivity contribution in [1.29, 1.82) is 5.26 Å². The lowest BCUT2D eigenvalue weighted by Crippen LogP contribution is -2.28. The first-order valence-corrected chi connectivity index (χ1v) is 12.1. The summed E-state index contributed by atoms with van der Waals surface area (Å²) in [7, 11) is 0. The molecule has 0 saturated heterocycles. The number of rotatable bonds is 9. The molecule has 1 aromatic rings. The Morgan fingerprint density at radius 3 is 2.48 bits per heavy atom.